The molecule has 1 aliphatic rings. The third-order valence-electron chi connectivity index (χ3n) is 6.24. The molecule has 0 bridgehead atoms. The minimum Gasteiger partial charge on any atom is -0.362 e. The number of fused-ring (bicyclic) bond motifs is 1. The molecule has 188 valence electrons. The fraction of sp³-hybridized carbons (Fsp3) is 0.292. The number of hydrogen-bond donors (Lipinski definition) is 2. The molecule has 0 radical (unpaired) electrons. The number of benzene rings is 1. The van der Waals surface area contributed by atoms with E-state index in [9.17, 15) is 22.4 Å². The molecule has 5 rings (SSSR count). The Hall–Kier alpha value is -3.67. The highest BCUT2D eigenvalue weighted by Crippen LogP contribution is 2.45. The number of carbonyl (C=O) groups excluding carboxylic acids is 1. The van der Waals surface area contributed by atoms with E-state index in [1.807, 2.05) is 0 Å². The summed E-state index contributed by atoms with van der Waals surface area (Å²) in [6, 6.07) is 7.10. The van der Waals surface area contributed by atoms with Crippen LogP contribution in [0, 0.1) is 19.7 Å². The predicted molar refractivity (Wildman–Crippen MR) is 128 cm³/mol. The zero-order valence-corrected chi connectivity index (χ0v) is 20.1. The summed E-state index contributed by atoms with van der Waals surface area (Å²) in [6.45, 7) is 3.86. The average molecular weight is 519 g/mol. The van der Waals surface area contributed by atoms with Crippen LogP contribution in [-0.2, 0) is 6.54 Å². The van der Waals surface area contributed by atoms with Gasteiger partial charge in [-0.3, -0.25) is 9.48 Å². The average Bonchev–Trinajstić information content (AvgIpc) is 3.56. The normalized spacial score (nSPS) is 17.5. The van der Waals surface area contributed by atoms with Crippen LogP contribution in [0.3, 0.4) is 0 Å². The molecular formula is C24H22F4N6OS. The lowest BCUT2D eigenvalue weighted by Crippen LogP contribution is -2.36. The van der Waals surface area contributed by atoms with Crippen LogP contribution in [0.4, 0.5) is 29.1 Å². The molecule has 4 heterocycles. The van der Waals surface area contributed by atoms with E-state index in [0.717, 1.165) is 21.3 Å². The summed E-state index contributed by atoms with van der Waals surface area (Å²) in [5.41, 5.74) is 2.49. The predicted octanol–water partition coefficient (Wildman–Crippen LogP) is 5.86. The van der Waals surface area contributed by atoms with E-state index < -0.39 is 24.2 Å². The molecule has 2 N–H and O–H groups in total. The molecule has 1 amide bonds. The number of aryl methyl sites for hydroxylation is 1. The molecule has 0 unspecified atom stereocenters. The Bertz CT molecular complexity index is 1390. The van der Waals surface area contributed by atoms with Crippen molar-refractivity contribution in [1.82, 2.24) is 19.6 Å². The van der Waals surface area contributed by atoms with Crippen LogP contribution in [0.1, 0.15) is 50.7 Å². The van der Waals surface area contributed by atoms with Gasteiger partial charge in [0.15, 0.2) is 6.04 Å². The third kappa shape index (κ3) is 4.48. The van der Waals surface area contributed by atoms with Gasteiger partial charge in [0.05, 0.1) is 35.9 Å². The smallest absolute Gasteiger partial charge is 0.362 e. The van der Waals surface area contributed by atoms with Crippen LogP contribution in [0.25, 0.3) is 0 Å². The van der Waals surface area contributed by atoms with E-state index in [4.69, 9.17) is 0 Å². The SMILES string of the molecule is Cc1nn(Cc2ccc(F)cc2)c(C)c1NC(=O)c1cnn2c1N[C@H](c1cccs1)C[C@@H]2C(F)(F)F. The molecule has 2 atom stereocenters. The number of halogens is 4. The number of amides is 1. The molecule has 4 aromatic rings. The van der Waals surface area contributed by atoms with Gasteiger partial charge in [-0.1, -0.05) is 18.2 Å². The zero-order valence-electron chi connectivity index (χ0n) is 19.3. The van der Waals surface area contributed by atoms with E-state index in [1.54, 1.807) is 48.2 Å². The van der Waals surface area contributed by atoms with Gasteiger partial charge in [0.25, 0.3) is 5.91 Å². The van der Waals surface area contributed by atoms with Crippen LogP contribution < -0.4 is 10.6 Å². The fourth-order valence-electron chi connectivity index (χ4n) is 4.38. The van der Waals surface area contributed by atoms with Crippen LogP contribution >= 0.6 is 11.3 Å². The Labute approximate surface area is 207 Å². The fourth-order valence-corrected chi connectivity index (χ4v) is 5.17. The van der Waals surface area contributed by atoms with Gasteiger partial charge in [-0.05, 0) is 43.0 Å². The summed E-state index contributed by atoms with van der Waals surface area (Å²) in [5, 5.41) is 16.1. The molecule has 12 heteroatoms. The lowest BCUT2D eigenvalue weighted by molar-refractivity contribution is -0.173. The topological polar surface area (TPSA) is 76.8 Å². The first-order chi connectivity index (χ1) is 17.1. The summed E-state index contributed by atoms with van der Waals surface area (Å²) in [5.74, 6) is -0.912. The Morgan fingerprint density at radius 1 is 1.22 bits per heavy atom. The monoisotopic (exact) mass is 518 g/mol. The van der Waals surface area contributed by atoms with Gasteiger partial charge in [0.1, 0.15) is 17.2 Å². The first kappa shape index (κ1) is 24.0. The highest BCUT2D eigenvalue weighted by Gasteiger charge is 2.47. The second-order valence-electron chi connectivity index (χ2n) is 8.64. The molecule has 1 aromatic carbocycles. The van der Waals surface area contributed by atoms with Gasteiger partial charge in [-0.2, -0.15) is 23.4 Å². The maximum atomic E-state index is 13.9. The van der Waals surface area contributed by atoms with E-state index >= 15 is 0 Å². The van der Waals surface area contributed by atoms with Gasteiger partial charge in [-0.25, -0.2) is 9.07 Å². The number of nitrogens with one attached hydrogen (secondary N) is 2. The minimum absolute atomic E-state index is 0.00981. The second kappa shape index (κ2) is 9.08. The second-order valence-corrected chi connectivity index (χ2v) is 9.62. The number of alkyl halides is 3. The molecule has 36 heavy (non-hydrogen) atoms. The third-order valence-corrected chi connectivity index (χ3v) is 7.22. The molecule has 3 aromatic heterocycles. The standard InChI is InChI=1S/C24H22F4N6OS/c1-13-21(14(2)33(32-13)12-15-5-7-16(25)8-6-15)31-23(35)17-11-29-34-20(24(26,27)28)10-18(30-22(17)34)19-4-3-9-36-19/h3-9,11,18,20,30H,10,12H2,1-2H3,(H,31,35)/t18-,20+/m0/s1. The lowest BCUT2D eigenvalue weighted by atomic mass is 10.0. The minimum atomic E-state index is -4.53. The molecule has 7 nitrogen and oxygen atoms in total. The van der Waals surface area contributed by atoms with Crippen LogP contribution in [0.15, 0.2) is 48.0 Å². The summed E-state index contributed by atoms with van der Waals surface area (Å²) in [4.78, 5) is 14.0. The van der Waals surface area contributed by atoms with Gasteiger partial charge in [-0.15, -0.1) is 11.3 Å². The number of hydrogen-bond acceptors (Lipinski definition) is 5. The quantitative estimate of drug-likeness (QED) is 0.325. The highest BCUT2D eigenvalue weighted by atomic mass is 32.1. The Kier molecular flexibility index (Phi) is 6.07. The van der Waals surface area contributed by atoms with Crippen molar-refractivity contribution in [2.24, 2.45) is 0 Å². The maximum absolute atomic E-state index is 13.9. The number of carbonyl (C=O) groups is 1. The van der Waals surface area contributed by atoms with Crippen molar-refractivity contribution in [2.45, 2.75) is 45.1 Å². The van der Waals surface area contributed by atoms with Gasteiger partial charge in [0.2, 0.25) is 0 Å². The molecule has 0 fully saturated rings. The first-order valence-corrected chi connectivity index (χ1v) is 12.0. The van der Waals surface area contributed by atoms with E-state index in [0.29, 0.717) is 23.6 Å². The van der Waals surface area contributed by atoms with Crippen LogP contribution in [0.5, 0.6) is 0 Å². The number of anilines is 2. The number of thiophene rings is 1. The van der Waals surface area contributed by atoms with Crippen molar-refractivity contribution in [3.63, 3.8) is 0 Å². The highest BCUT2D eigenvalue weighted by molar-refractivity contribution is 7.10. The molecule has 0 saturated heterocycles. The Morgan fingerprint density at radius 3 is 2.64 bits per heavy atom. The van der Waals surface area contributed by atoms with E-state index in [-0.39, 0.29) is 23.6 Å². The number of aromatic nitrogens is 4. The zero-order chi connectivity index (χ0) is 25.6. The van der Waals surface area contributed by atoms with Crippen LogP contribution in [-0.4, -0.2) is 31.6 Å². The van der Waals surface area contributed by atoms with Gasteiger partial charge in [0, 0.05) is 11.3 Å². The molecule has 0 aliphatic carbocycles. The molecule has 1 aliphatic heterocycles. The molecular weight excluding hydrogens is 496 g/mol. The number of nitrogens with zero attached hydrogens (tertiary/aromatic N) is 4. The molecule has 0 spiro atoms. The van der Waals surface area contributed by atoms with Crippen LogP contribution in [0.2, 0.25) is 0 Å². The summed E-state index contributed by atoms with van der Waals surface area (Å²) in [6.07, 6.45) is -3.60. The van der Waals surface area contributed by atoms with Gasteiger partial charge < -0.3 is 10.6 Å². The first-order valence-electron chi connectivity index (χ1n) is 11.2. The van der Waals surface area contributed by atoms with Gasteiger partial charge >= 0.3 is 6.18 Å². The lowest BCUT2D eigenvalue weighted by Gasteiger charge is -2.33. The van der Waals surface area contributed by atoms with Crippen molar-refractivity contribution in [3.05, 3.63) is 81.2 Å². The summed E-state index contributed by atoms with van der Waals surface area (Å²) in [7, 11) is 0. The summed E-state index contributed by atoms with van der Waals surface area (Å²) >= 11 is 1.35. The maximum Gasteiger partial charge on any atom is 0.410 e. The van der Waals surface area contributed by atoms with Crippen molar-refractivity contribution in [2.75, 3.05) is 10.6 Å². The molecule has 0 saturated carbocycles. The van der Waals surface area contributed by atoms with Crippen molar-refractivity contribution < 1.29 is 22.4 Å². The Balaban J connectivity index is 1.42. The summed E-state index contributed by atoms with van der Waals surface area (Å²) < 4.78 is 57.4. The largest absolute Gasteiger partial charge is 0.410 e. The Morgan fingerprint density at radius 2 is 1.97 bits per heavy atom. The van der Waals surface area contributed by atoms with Crippen molar-refractivity contribution in [1.29, 1.82) is 0 Å². The van der Waals surface area contributed by atoms with E-state index in [2.05, 4.69) is 20.8 Å². The number of rotatable bonds is 5. The van der Waals surface area contributed by atoms with Crippen molar-refractivity contribution in [3.8, 4) is 0 Å². The van der Waals surface area contributed by atoms with E-state index in [1.165, 1.54) is 23.5 Å². The van der Waals surface area contributed by atoms with Crippen molar-refractivity contribution >= 4 is 28.7 Å².